The van der Waals surface area contributed by atoms with E-state index in [0.717, 1.165) is 32.7 Å². The van der Waals surface area contributed by atoms with Gasteiger partial charge in [0.2, 0.25) is 0 Å². The van der Waals surface area contributed by atoms with Crippen LogP contribution in [0.25, 0.3) is 0 Å². The van der Waals surface area contributed by atoms with Crippen LogP contribution in [0.4, 0.5) is 4.79 Å². The van der Waals surface area contributed by atoms with Crippen molar-refractivity contribution in [3.05, 3.63) is 15.5 Å². The lowest BCUT2D eigenvalue weighted by Gasteiger charge is -2.36. The Morgan fingerprint density at radius 3 is 3.24 bits per heavy atom. The molecule has 0 aliphatic carbocycles. The first-order valence-electron chi connectivity index (χ1n) is 5.59. The molecule has 1 aromatic heterocycles. The molecular formula is C10H13ClN4OS. The molecule has 0 aromatic carbocycles. The lowest BCUT2D eigenvalue weighted by molar-refractivity contribution is 0.117. The number of aromatic nitrogens is 1. The highest BCUT2D eigenvalue weighted by Crippen LogP contribution is 2.21. The number of thiazole rings is 1. The van der Waals surface area contributed by atoms with Gasteiger partial charge in [-0.05, 0) is 0 Å². The van der Waals surface area contributed by atoms with Gasteiger partial charge in [0.1, 0.15) is 0 Å². The number of carbonyl (C=O) groups excluding carboxylic acids is 1. The van der Waals surface area contributed by atoms with Crippen LogP contribution in [0.5, 0.6) is 0 Å². The summed E-state index contributed by atoms with van der Waals surface area (Å²) in [6.45, 7) is 4.29. The van der Waals surface area contributed by atoms with Gasteiger partial charge in [0.05, 0.1) is 6.04 Å². The first kappa shape index (κ1) is 11.3. The molecule has 92 valence electrons. The number of nitrogens with zero attached hydrogens (tertiary/aromatic N) is 3. The predicted octanol–water partition coefficient (Wildman–Crippen LogP) is 1.01. The molecule has 2 amide bonds. The molecule has 2 fully saturated rings. The Morgan fingerprint density at radius 1 is 1.59 bits per heavy atom. The SMILES string of the molecule is O=C1NCC2CN(Cc3cnc(Cl)s3)CCN12. The number of amides is 2. The molecule has 17 heavy (non-hydrogen) atoms. The molecule has 3 rings (SSSR count). The summed E-state index contributed by atoms with van der Waals surface area (Å²) in [7, 11) is 0. The minimum absolute atomic E-state index is 0.0792. The number of rotatable bonds is 2. The number of halogens is 1. The molecular weight excluding hydrogens is 260 g/mol. The molecule has 3 heterocycles. The van der Waals surface area contributed by atoms with Crippen molar-refractivity contribution in [3.8, 4) is 0 Å². The second-order valence-electron chi connectivity index (χ2n) is 4.35. The van der Waals surface area contributed by atoms with Crippen molar-refractivity contribution < 1.29 is 4.79 Å². The van der Waals surface area contributed by atoms with Crippen LogP contribution < -0.4 is 5.32 Å². The fourth-order valence-corrected chi connectivity index (χ4v) is 3.41. The molecule has 2 saturated heterocycles. The van der Waals surface area contributed by atoms with Gasteiger partial charge in [-0.1, -0.05) is 11.6 Å². The topological polar surface area (TPSA) is 48.5 Å². The molecule has 1 unspecified atom stereocenters. The Balaban J connectivity index is 1.62. The van der Waals surface area contributed by atoms with Crippen molar-refractivity contribution >= 4 is 29.0 Å². The van der Waals surface area contributed by atoms with Gasteiger partial charge in [-0.2, -0.15) is 0 Å². The fraction of sp³-hybridized carbons (Fsp3) is 0.600. The maximum absolute atomic E-state index is 11.4. The van der Waals surface area contributed by atoms with Crippen molar-refractivity contribution in [2.45, 2.75) is 12.6 Å². The van der Waals surface area contributed by atoms with Gasteiger partial charge in [-0.25, -0.2) is 9.78 Å². The van der Waals surface area contributed by atoms with E-state index in [-0.39, 0.29) is 6.03 Å². The Labute approximate surface area is 108 Å². The Hall–Kier alpha value is -0.850. The molecule has 1 atom stereocenters. The van der Waals surface area contributed by atoms with E-state index in [9.17, 15) is 4.79 Å². The van der Waals surface area contributed by atoms with Crippen LogP contribution in [0.2, 0.25) is 4.47 Å². The van der Waals surface area contributed by atoms with E-state index in [4.69, 9.17) is 11.6 Å². The van der Waals surface area contributed by atoms with E-state index in [1.54, 1.807) is 0 Å². The van der Waals surface area contributed by atoms with Crippen LogP contribution in [0, 0.1) is 0 Å². The quantitative estimate of drug-likeness (QED) is 0.874. The van der Waals surface area contributed by atoms with Gasteiger partial charge in [0.25, 0.3) is 0 Å². The van der Waals surface area contributed by atoms with Gasteiger partial charge in [0.15, 0.2) is 4.47 Å². The van der Waals surface area contributed by atoms with Gasteiger partial charge < -0.3 is 10.2 Å². The number of carbonyl (C=O) groups is 1. The van der Waals surface area contributed by atoms with Crippen molar-refractivity contribution in [3.63, 3.8) is 0 Å². The summed E-state index contributed by atoms with van der Waals surface area (Å²) < 4.78 is 0.594. The molecule has 7 heteroatoms. The molecule has 0 bridgehead atoms. The molecule has 5 nitrogen and oxygen atoms in total. The average molecular weight is 273 g/mol. The summed E-state index contributed by atoms with van der Waals surface area (Å²) in [5.74, 6) is 0. The lowest BCUT2D eigenvalue weighted by atomic mass is 10.2. The van der Waals surface area contributed by atoms with Crippen LogP contribution in [-0.4, -0.2) is 53.0 Å². The van der Waals surface area contributed by atoms with Crippen molar-refractivity contribution in [1.82, 2.24) is 20.1 Å². The summed E-state index contributed by atoms with van der Waals surface area (Å²) in [5, 5.41) is 2.88. The van der Waals surface area contributed by atoms with Crippen molar-refractivity contribution in [2.24, 2.45) is 0 Å². The van der Waals surface area contributed by atoms with E-state index in [0.29, 0.717) is 10.5 Å². The van der Waals surface area contributed by atoms with E-state index in [2.05, 4.69) is 15.2 Å². The Morgan fingerprint density at radius 2 is 2.47 bits per heavy atom. The number of hydrogen-bond acceptors (Lipinski definition) is 4. The zero-order valence-corrected chi connectivity index (χ0v) is 10.8. The normalized spacial score (nSPS) is 24.9. The van der Waals surface area contributed by atoms with Gasteiger partial charge in [-0.3, -0.25) is 4.90 Å². The van der Waals surface area contributed by atoms with Gasteiger partial charge in [-0.15, -0.1) is 11.3 Å². The first-order valence-corrected chi connectivity index (χ1v) is 6.79. The lowest BCUT2D eigenvalue weighted by Crippen LogP contribution is -2.51. The maximum Gasteiger partial charge on any atom is 0.317 e. The van der Waals surface area contributed by atoms with Crippen LogP contribution in [0.15, 0.2) is 6.20 Å². The second kappa shape index (κ2) is 4.44. The maximum atomic E-state index is 11.4. The number of piperazine rings is 1. The smallest absolute Gasteiger partial charge is 0.317 e. The van der Waals surface area contributed by atoms with Crippen molar-refractivity contribution in [2.75, 3.05) is 26.2 Å². The number of urea groups is 1. The Bertz CT molecular complexity index is 438. The van der Waals surface area contributed by atoms with E-state index in [1.807, 2.05) is 11.1 Å². The standard InChI is InChI=1S/C10H13ClN4OS/c11-9-12-4-8(17-9)6-14-1-2-15-7(5-14)3-13-10(15)16/h4,7H,1-3,5-6H2,(H,13,16). The van der Waals surface area contributed by atoms with Crippen LogP contribution in [0.1, 0.15) is 4.88 Å². The third kappa shape index (κ3) is 2.25. The highest BCUT2D eigenvalue weighted by atomic mass is 35.5. The molecule has 0 saturated carbocycles. The van der Waals surface area contributed by atoms with Gasteiger partial charge in [0, 0.05) is 43.8 Å². The van der Waals surface area contributed by atoms with Crippen molar-refractivity contribution in [1.29, 1.82) is 0 Å². The van der Waals surface area contributed by atoms with E-state index >= 15 is 0 Å². The third-order valence-electron chi connectivity index (χ3n) is 3.22. The molecule has 0 radical (unpaired) electrons. The number of fused-ring (bicyclic) bond motifs is 1. The zero-order valence-electron chi connectivity index (χ0n) is 9.23. The van der Waals surface area contributed by atoms with E-state index in [1.165, 1.54) is 16.2 Å². The summed E-state index contributed by atoms with van der Waals surface area (Å²) in [6, 6.07) is 0.398. The third-order valence-corrected chi connectivity index (χ3v) is 4.32. The molecule has 2 aliphatic heterocycles. The number of nitrogens with one attached hydrogen (secondary N) is 1. The van der Waals surface area contributed by atoms with E-state index < -0.39 is 0 Å². The second-order valence-corrected chi connectivity index (χ2v) is 6.05. The van der Waals surface area contributed by atoms with Crippen LogP contribution in [0.3, 0.4) is 0 Å². The summed E-state index contributed by atoms with van der Waals surface area (Å²) in [5.41, 5.74) is 0. The summed E-state index contributed by atoms with van der Waals surface area (Å²) in [4.78, 5) is 20.9. The average Bonchev–Trinajstić information content (AvgIpc) is 2.87. The minimum atomic E-state index is 0.0792. The monoisotopic (exact) mass is 272 g/mol. The fourth-order valence-electron chi connectivity index (χ4n) is 2.39. The molecule has 2 aliphatic rings. The Kier molecular flexibility index (Phi) is 2.94. The highest BCUT2D eigenvalue weighted by Gasteiger charge is 2.35. The van der Waals surface area contributed by atoms with Crippen LogP contribution >= 0.6 is 22.9 Å². The van der Waals surface area contributed by atoms with Gasteiger partial charge >= 0.3 is 6.03 Å². The molecule has 1 aromatic rings. The largest absolute Gasteiger partial charge is 0.336 e. The zero-order chi connectivity index (χ0) is 11.8. The minimum Gasteiger partial charge on any atom is -0.336 e. The summed E-state index contributed by atoms with van der Waals surface area (Å²) >= 11 is 7.34. The first-order chi connectivity index (χ1) is 8.22. The van der Waals surface area contributed by atoms with Crippen LogP contribution in [-0.2, 0) is 6.54 Å². The molecule has 0 spiro atoms. The highest BCUT2D eigenvalue weighted by molar-refractivity contribution is 7.15. The predicted molar refractivity (Wildman–Crippen MR) is 66.3 cm³/mol. The number of hydrogen-bond donors (Lipinski definition) is 1. The summed E-state index contributed by atoms with van der Waals surface area (Å²) in [6.07, 6.45) is 1.83. The molecule has 1 N–H and O–H groups in total.